The van der Waals surface area contributed by atoms with Crippen LogP contribution < -0.4 is 0 Å². The van der Waals surface area contributed by atoms with Crippen molar-refractivity contribution < 1.29 is 18.7 Å². The maximum absolute atomic E-state index is 16.5. The van der Waals surface area contributed by atoms with Crippen molar-refractivity contribution in [3.8, 4) is 6.07 Å². The molecule has 1 N–H and O–H groups in total. The van der Waals surface area contributed by atoms with Gasteiger partial charge in [0, 0.05) is 12.3 Å². The van der Waals surface area contributed by atoms with E-state index in [-0.39, 0.29) is 40.9 Å². The minimum Gasteiger partial charge on any atom is -0.390 e. The Kier molecular flexibility index (Phi) is 5.48. The first-order valence-electron chi connectivity index (χ1n) is 12.7. The molecule has 0 saturated heterocycles. The number of nitriles is 1. The highest BCUT2D eigenvalue weighted by Crippen LogP contribution is 2.66. The highest BCUT2D eigenvalue weighted by Gasteiger charge is 2.63. The summed E-state index contributed by atoms with van der Waals surface area (Å²) in [5.74, 6) is 0.193. The average molecular weight is 456 g/mol. The molecule has 5 heteroatoms. The molecule has 0 aliphatic heterocycles. The van der Waals surface area contributed by atoms with Gasteiger partial charge in [-0.3, -0.25) is 4.79 Å². The third-order valence-corrected chi connectivity index (χ3v) is 10.2. The fourth-order valence-electron chi connectivity index (χ4n) is 8.59. The average Bonchev–Trinajstić information content (AvgIpc) is 3.11. The van der Waals surface area contributed by atoms with Gasteiger partial charge in [-0.15, -0.1) is 0 Å². The minimum atomic E-state index is -1.17. The molecule has 1 aromatic carbocycles. The summed E-state index contributed by atoms with van der Waals surface area (Å²) in [6, 6.07) is 6.26. The van der Waals surface area contributed by atoms with Crippen LogP contribution in [0.1, 0.15) is 82.8 Å². The van der Waals surface area contributed by atoms with E-state index in [1.54, 1.807) is 6.07 Å². The summed E-state index contributed by atoms with van der Waals surface area (Å²) in [6.45, 7) is 4.09. The van der Waals surface area contributed by atoms with Crippen LogP contribution in [-0.4, -0.2) is 22.2 Å². The van der Waals surface area contributed by atoms with Crippen molar-refractivity contribution in [2.45, 2.75) is 89.3 Å². The summed E-state index contributed by atoms with van der Waals surface area (Å²) >= 11 is 0. The number of aliphatic hydroxyl groups is 1. The van der Waals surface area contributed by atoms with Gasteiger partial charge in [-0.25, -0.2) is 8.78 Å². The van der Waals surface area contributed by atoms with E-state index in [9.17, 15) is 14.3 Å². The monoisotopic (exact) mass is 455 g/mol. The quantitative estimate of drug-likeness (QED) is 0.615. The maximum atomic E-state index is 16.5. The molecule has 5 rings (SSSR count). The highest BCUT2D eigenvalue weighted by atomic mass is 19.1. The zero-order chi connectivity index (χ0) is 23.6. The fourth-order valence-corrected chi connectivity index (χ4v) is 8.59. The van der Waals surface area contributed by atoms with Crippen molar-refractivity contribution in [2.24, 2.45) is 35.0 Å². The number of benzene rings is 1. The number of carbonyl (C=O) groups is 1. The zero-order valence-electron chi connectivity index (χ0n) is 19.7. The SMILES string of the molecule is C[C@@]1(O)CC[C@@]2(F)[C@H](CC[C@H]3[C@@H]4CC[C@H](C(=O)Cc5ccc(C#N)c(F)c5)[C@@]4(C)CC[C@@H]32)C1. The van der Waals surface area contributed by atoms with Crippen LogP contribution >= 0.6 is 0 Å². The van der Waals surface area contributed by atoms with Crippen molar-refractivity contribution in [1.82, 2.24) is 0 Å². The number of ketones is 1. The Morgan fingerprint density at radius 1 is 1.12 bits per heavy atom. The van der Waals surface area contributed by atoms with Crippen LogP contribution in [0, 0.1) is 52.2 Å². The number of nitrogens with zero attached hydrogens (tertiary/aromatic N) is 1. The van der Waals surface area contributed by atoms with Crippen molar-refractivity contribution in [2.75, 3.05) is 0 Å². The number of hydrogen-bond acceptors (Lipinski definition) is 3. The summed E-state index contributed by atoms with van der Waals surface area (Å²) in [5.41, 5.74) is -1.42. The van der Waals surface area contributed by atoms with Gasteiger partial charge in [-0.2, -0.15) is 5.26 Å². The van der Waals surface area contributed by atoms with Gasteiger partial charge < -0.3 is 5.11 Å². The lowest BCUT2D eigenvalue weighted by Gasteiger charge is -2.59. The summed E-state index contributed by atoms with van der Waals surface area (Å²) in [7, 11) is 0. The van der Waals surface area contributed by atoms with Crippen LogP contribution in [0.3, 0.4) is 0 Å². The number of fused-ring (bicyclic) bond motifs is 5. The molecular formula is C28H35F2NO2. The molecule has 33 heavy (non-hydrogen) atoms. The van der Waals surface area contributed by atoms with Crippen LogP contribution in [0.25, 0.3) is 0 Å². The van der Waals surface area contributed by atoms with Crippen molar-refractivity contribution in [3.05, 3.63) is 35.1 Å². The lowest BCUT2D eigenvalue weighted by molar-refractivity contribution is -0.165. The molecule has 4 aliphatic carbocycles. The van der Waals surface area contributed by atoms with E-state index in [4.69, 9.17) is 5.26 Å². The zero-order valence-corrected chi connectivity index (χ0v) is 19.7. The molecule has 0 bridgehead atoms. The molecule has 0 unspecified atom stereocenters. The predicted octanol–water partition coefficient (Wildman–Crippen LogP) is 5.92. The first-order chi connectivity index (χ1) is 15.6. The minimum absolute atomic E-state index is 0.00241. The van der Waals surface area contributed by atoms with E-state index in [1.165, 1.54) is 12.1 Å². The van der Waals surface area contributed by atoms with Crippen LogP contribution in [-0.2, 0) is 11.2 Å². The lowest BCUT2D eigenvalue weighted by atomic mass is 9.47. The summed E-state index contributed by atoms with van der Waals surface area (Å²) < 4.78 is 30.5. The second-order valence-electron chi connectivity index (χ2n) is 12.0. The van der Waals surface area contributed by atoms with Crippen LogP contribution in [0.2, 0.25) is 0 Å². The Labute approximate surface area is 195 Å². The molecular weight excluding hydrogens is 420 g/mol. The summed E-state index contributed by atoms with van der Waals surface area (Å²) in [6.07, 6.45) is 7.07. The Bertz CT molecular complexity index is 1000. The first-order valence-corrected chi connectivity index (χ1v) is 12.7. The molecule has 3 nitrogen and oxygen atoms in total. The summed E-state index contributed by atoms with van der Waals surface area (Å²) in [5, 5.41) is 19.5. The molecule has 4 saturated carbocycles. The lowest BCUT2D eigenvalue weighted by Crippen LogP contribution is -2.58. The van der Waals surface area contributed by atoms with E-state index < -0.39 is 17.1 Å². The molecule has 0 aromatic heterocycles. The Balaban J connectivity index is 1.33. The van der Waals surface area contributed by atoms with Gasteiger partial charge in [0.05, 0.1) is 11.2 Å². The van der Waals surface area contributed by atoms with Crippen molar-refractivity contribution in [1.29, 1.82) is 5.26 Å². The van der Waals surface area contributed by atoms with Gasteiger partial charge in [0.15, 0.2) is 0 Å². The predicted molar refractivity (Wildman–Crippen MR) is 121 cm³/mol. The first kappa shape index (κ1) is 23.0. The summed E-state index contributed by atoms with van der Waals surface area (Å²) in [4.78, 5) is 13.4. The number of halogens is 2. The Morgan fingerprint density at radius 2 is 1.91 bits per heavy atom. The van der Waals surface area contributed by atoms with Gasteiger partial charge in [0.25, 0.3) is 0 Å². The third-order valence-electron chi connectivity index (χ3n) is 10.2. The second kappa shape index (κ2) is 7.87. The number of carbonyl (C=O) groups excluding carboxylic acids is 1. The van der Waals surface area contributed by atoms with Crippen LogP contribution in [0.15, 0.2) is 18.2 Å². The molecule has 1 aromatic rings. The van der Waals surface area contributed by atoms with Crippen molar-refractivity contribution in [3.63, 3.8) is 0 Å². The smallest absolute Gasteiger partial charge is 0.141 e. The third kappa shape index (κ3) is 3.64. The van der Waals surface area contributed by atoms with Gasteiger partial charge in [-0.1, -0.05) is 13.0 Å². The largest absolute Gasteiger partial charge is 0.390 e. The number of alkyl halides is 1. The number of hydrogen-bond donors (Lipinski definition) is 1. The van der Waals surface area contributed by atoms with Gasteiger partial charge in [-0.05, 0) is 111 Å². The topological polar surface area (TPSA) is 61.1 Å². The van der Waals surface area contributed by atoms with E-state index in [1.807, 2.05) is 13.0 Å². The number of rotatable bonds is 3. The van der Waals surface area contributed by atoms with Gasteiger partial charge >= 0.3 is 0 Å². The molecule has 0 spiro atoms. The standard InChI is InChI=1S/C28H35F2NO2/c1-26(33)11-12-28(30)19(15-26)5-6-20-21-7-8-23(27(21,2)10-9-22(20)28)25(32)14-17-3-4-18(16-31)24(29)13-17/h3-4,13,19-23,33H,5-12,14-15H2,1-2H3/t19-,20+,21+,22+,23-,26-,27+,28-/m1/s1. The molecule has 0 heterocycles. The maximum Gasteiger partial charge on any atom is 0.141 e. The van der Waals surface area contributed by atoms with E-state index in [0.29, 0.717) is 36.7 Å². The van der Waals surface area contributed by atoms with Crippen LogP contribution in [0.4, 0.5) is 8.78 Å². The van der Waals surface area contributed by atoms with Gasteiger partial charge in [0.2, 0.25) is 0 Å². The highest BCUT2D eigenvalue weighted by molar-refractivity contribution is 5.84. The van der Waals surface area contributed by atoms with E-state index in [2.05, 4.69) is 6.92 Å². The van der Waals surface area contributed by atoms with Crippen LogP contribution in [0.5, 0.6) is 0 Å². The molecule has 178 valence electrons. The fraction of sp³-hybridized carbons (Fsp3) is 0.714. The van der Waals surface area contributed by atoms with E-state index >= 15 is 4.39 Å². The Morgan fingerprint density at radius 3 is 2.64 bits per heavy atom. The molecule has 8 atom stereocenters. The molecule has 0 amide bonds. The molecule has 4 fully saturated rings. The van der Waals surface area contributed by atoms with E-state index in [0.717, 1.165) is 38.5 Å². The normalized spacial score (nSPS) is 44.3. The van der Waals surface area contributed by atoms with Gasteiger partial charge in [0.1, 0.15) is 23.3 Å². The molecule has 4 aliphatic rings. The molecule has 0 radical (unpaired) electrons. The second-order valence-corrected chi connectivity index (χ2v) is 12.0. The van der Waals surface area contributed by atoms with Crippen molar-refractivity contribution >= 4 is 5.78 Å². The Hall–Kier alpha value is -1.80. The number of Topliss-reactive ketones (excluding diaryl/α,β-unsaturated/α-hetero) is 1.